The van der Waals surface area contributed by atoms with E-state index in [1.807, 2.05) is 0 Å². The van der Waals surface area contributed by atoms with Gasteiger partial charge in [-0.1, -0.05) is 19.9 Å². The van der Waals surface area contributed by atoms with Gasteiger partial charge in [-0.2, -0.15) is 4.79 Å². The van der Waals surface area contributed by atoms with Crippen LogP contribution in [0.5, 0.6) is 0 Å². The maximum absolute atomic E-state index is 7.44. The average molecular weight is 671 g/mol. The molecular weight excluding hydrogens is 633 g/mol. The second kappa shape index (κ2) is 17.4. The van der Waals surface area contributed by atoms with Crippen molar-refractivity contribution in [2.24, 2.45) is 11.8 Å². The second-order valence-electron chi connectivity index (χ2n) is 7.37. The Hall–Kier alpha value is 0.844. The molecule has 29 heavy (non-hydrogen) atoms. The summed E-state index contributed by atoms with van der Waals surface area (Å²) in [6.07, 6.45) is 3.45. The van der Waals surface area contributed by atoms with Crippen LogP contribution in [0, 0.1) is 11.8 Å². The predicted molar refractivity (Wildman–Crippen MR) is 134 cm³/mol. The molecule has 6 nitrogen and oxygen atoms in total. The molecule has 0 aromatic carbocycles. The van der Waals surface area contributed by atoms with Crippen LogP contribution in [0.15, 0.2) is 11.8 Å². The standard InChI is InChI=1S/C10H19NO.C8H15NO.C2H4N2.2HI.V/c1-8-9(2)10(8,3)11-4-6-12-7-5-11;1-3-8(2)9-4-6-10-7-5-9;1-2-4-3;;;/h8-9H,4-7H2,1-3H3;3H,4-7H2,1-2H3;2H,1H3;2*1H;/q;;;;;+2/p-2/b;8-3+;;;;. The summed E-state index contributed by atoms with van der Waals surface area (Å²) in [4.78, 5) is 7.56. The van der Waals surface area contributed by atoms with Gasteiger partial charge in [-0.15, -0.1) is 0 Å². The topological polar surface area (TPSA) is 61.3 Å². The zero-order valence-electron chi connectivity index (χ0n) is 18.8. The van der Waals surface area contributed by atoms with E-state index in [0.717, 1.165) is 64.4 Å². The van der Waals surface area contributed by atoms with Crippen molar-refractivity contribution in [2.75, 3.05) is 52.6 Å². The SMILES string of the molecule is C/C=C(\C)N1CCOCC1.CC1C(C)C1(C)N1CCOCC1.CC=[N+]=[N-].[I][V][I]. The van der Waals surface area contributed by atoms with Gasteiger partial charge in [0.2, 0.25) is 0 Å². The summed E-state index contributed by atoms with van der Waals surface area (Å²) in [5.41, 5.74) is 9.30. The number of rotatable bonds is 2. The monoisotopic (exact) mass is 671 g/mol. The molecule has 3 fully saturated rings. The molecule has 0 amide bonds. The van der Waals surface area contributed by atoms with E-state index in [4.69, 9.17) is 15.0 Å². The Labute approximate surface area is 207 Å². The minimum absolute atomic E-state index is 0.490. The summed E-state index contributed by atoms with van der Waals surface area (Å²) in [7, 11) is 0.628. The van der Waals surface area contributed by atoms with Crippen molar-refractivity contribution in [1.29, 1.82) is 0 Å². The molecule has 0 aromatic heterocycles. The summed E-state index contributed by atoms with van der Waals surface area (Å²) in [6.45, 7) is 21.0. The Morgan fingerprint density at radius 2 is 1.41 bits per heavy atom. The molecule has 2 saturated heterocycles. The third-order valence-corrected chi connectivity index (χ3v) is 6.22. The van der Waals surface area contributed by atoms with Crippen LogP contribution < -0.4 is 0 Å². The first-order chi connectivity index (χ1) is 13.8. The van der Waals surface area contributed by atoms with E-state index < -0.39 is 0 Å². The maximum atomic E-state index is 7.44. The number of nitrogens with zero attached hydrogens (tertiary/aromatic N) is 4. The molecule has 0 radical (unpaired) electrons. The summed E-state index contributed by atoms with van der Waals surface area (Å²) < 4.78 is 10.6. The number of allylic oxidation sites excluding steroid dienone is 2. The average Bonchev–Trinajstić information content (AvgIpc) is 3.27. The molecule has 0 spiro atoms. The predicted octanol–water partition coefficient (Wildman–Crippen LogP) is 4.68. The van der Waals surface area contributed by atoms with E-state index in [2.05, 4.69) is 95.2 Å². The molecule has 0 aromatic rings. The van der Waals surface area contributed by atoms with Crippen molar-refractivity contribution < 1.29 is 23.7 Å². The van der Waals surface area contributed by atoms with Crippen molar-refractivity contribution in [1.82, 2.24) is 9.80 Å². The summed E-state index contributed by atoms with van der Waals surface area (Å²) >= 11 is 4.74. The van der Waals surface area contributed by atoms with Crippen molar-refractivity contribution in [2.45, 2.75) is 47.1 Å². The van der Waals surface area contributed by atoms with E-state index in [1.165, 1.54) is 11.9 Å². The van der Waals surface area contributed by atoms with Crippen LogP contribution in [0.2, 0.25) is 0 Å². The van der Waals surface area contributed by atoms with Crippen molar-refractivity contribution in [3.63, 3.8) is 0 Å². The second-order valence-corrected chi connectivity index (χ2v) is 19.2. The molecule has 2 aliphatic heterocycles. The molecule has 1 saturated carbocycles. The van der Waals surface area contributed by atoms with Crippen LogP contribution in [0.3, 0.4) is 0 Å². The minimum atomic E-state index is 0.490. The van der Waals surface area contributed by atoms with Gasteiger partial charge < -0.3 is 19.9 Å². The zero-order chi connectivity index (χ0) is 22.3. The van der Waals surface area contributed by atoms with E-state index >= 15 is 0 Å². The summed E-state index contributed by atoms with van der Waals surface area (Å²) in [5, 5.41) is 0. The van der Waals surface area contributed by atoms with Crippen LogP contribution >= 0.6 is 40.0 Å². The van der Waals surface area contributed by atoms with E-state index in [0.29, 0.717) is 15.0 Å². The molecule has 9 heteroatoms. The van der Waals surface area contributed by atoms with Crippen LogP contribution in [-0.4, -0.2) is 78.9 Å². The Morgan fingerprint density at radius 1 is 1.03 bits per heavy atom. The molecule has 1 aliphatic carbocycles. The molecule has 0 N–H and O–H groups in total. The van der Waals surface area contributed by atoms with E-state index in [-0.39, 0.29) is 0 Å². The van der Waals surface area contributed by atoms with Gasteiger partial charge in [0.15, 0.2) is 0 Å². The van der Waals surface area contributed by atoms with Gasteiger partial charge in [-0.25, -0.2) is 0 Å². The van der Waals surface area contributed by atoms with Crippen LogP contribution in [-0.2, 0) is 18.9 Å². The quantitative estimate of drug-likeness (QED) is 0.185. The van der Waals surface area contributed by atoms with Crippen LogP contribution in [0.25, 0.3) is 5.53 Å². The van der Waals surface area contributed by atoms with Gasteiger partial charge in [-0.05, 0) is 32.6 Å². The van der Waals surface area contributed by atoms with Crippen molar-refractivity contribution in [3.05, 3.63) is 17.3 Å². The first-order valence-corrected chi connectivity index (χ1v) is 19.2. The molecule has 169 valence electrons. The molecule has 3 aliphatic rings. The Balaban J connectivity index is 0.000000417. The number of halogens is 2. The fraction of sp³-hybridized carbons (Fsp3) is 0.850. The molecule has 3 rings (SSSR count). The third kappa shape index (κ3) is 10.8. The van der Waals surface area contributed by atoms with Crippen LogP contribution in [0.1, 0.15) is 41.5 Å². The first-order valence-electron chi connectivity index (χ1n) is 10.2. The molecular formula is C20H38I2N4O2V. The number of hydrogen-bond acceptors (Lipinski definition) is 4. The number of morpholine rings is 2. The molecule has 2 unspecified atom stereocenters. The summed E-state index contributed by atoms with van der Waals surface area (Å²) in [5.74, 6) is 1.74. The third-order valence-electron chi connectivity index (χ3n) is 6.22. The normalized spacial score (nSPS) is 28.8. The number of ether oxygens (including phenoxy) is 2. The fourth-order valence-electron chi connectivity index (χ4n) is 3.68. The molecule has 0 bridgehead atoms. The first kappa shape index (κ1) is 29.8. The van der Waals surface area contributed by atoms with Gasteiger partial charge in [0, 0.05) is 44.3 Å². The Bertz CT molecular complexity index is 499. The van der Waals surface area contributed by atoms with Crippen LogP contribution in [0.4, 0.5) is 0 Å². The van der Waals surface area contributed by atoms with Gasteiger partial charge >= 0.3 is 49.4 Å². The molecule has 2 atom stereocenters. The van der Waals surface area contributed by atoms with Crippen molar-refractivity contribution >= 4 is 46.2 Å². The Morgan fingerprint density at radius 3 is 1.72 bits per heavy atom. The van der Waals surface area contributed by atoms with E-state index in [9.17, 15) is 0 Å². The number of hydrogen-bond donors (Lipinski definition) is 0. The van der Waals surface area contributed by atoms with Gasteiger partial charge in [0.25, 0.3) is 6.21 Å². The zero-order valence-corrected chi connectivity index (χ0v) is 24.5. The Kier molecular flexibility index (Phi) is 17.9. The van der Waals surface area contributed by atoms with E-state index in [1.54, 1.807) is 6.92 Å². The van der Waals surface area contributed by atoms with Gasteiger partial charge in [0.1, 0.15) is 0 Å². The molecule has 2 heterocycles. The summed E-state index contributed by atoms with van der Waals surface area (Å²) in [6, 6.07) is 0. The van der Waals surface area contributed by atoms with Gasteiger partial charge in [-0.3, -0.25) is 4.90 Å². The fourth-order valence-corrected chi connectivity index (χ4v) is 3.68. The van der Waals surface area contributed by atoms with Crippen molar-refractivity contribution in [3.8, 4) is 0 Å². The van der Waals surface area contributed by atoms with Gasteiger partial charge in [0.05, 0.1) is 26.4 Å².